The predicted molar refractivity (Wildman–Crippen MR) is 110 cm³/mol. The molecule has 2 saturated heterocycles. The highest BCUT2D eigenvalue weighted by Crippen LogP contribution is 2.34. The summed E-state index contributed by atoms with van der Waals surface area (Å²) >= 11 is 0. The molecule has 5 heteroatoms. The zero-order chi connectivity index (χ0) is 19.5. The fourth-order valence-electron chi connectivity index (χ4n) is 6.04. The van der Waals surface area contributed by atoms with Crippen LogP contribution in [-0.2, 0) is 14.3 Å². The lowest BCUT2D eigenvalue weighted by atomic mass is 9.84. The molecular formula is C23H40N2O3. The number of fused-ring (bicyclic) bond motifs is 1. The first-order valence-corrected chi connectivity index (χ1v) is 11.9. The molecule has 0 radical (unpaired) electrons. The standard InChI is InChI=1S/C23H40N2O3/c1-17(2)27-15-18-7-9-19(10-8-18)24-13-11-20(12-14-24)25-21-5-3-4-6-22(21)28-16-23(25)26/h17-22H,3-16H2,1-2H3/t18?,19?,21-,22-/m0/s1. The third-order valence-corrected chi connectivity index (χ3v) is 7.62. The minimum Gasteiger partial charge on any atom is -0.379 e. The Kier molecular flexibility index (Phi) is 6.95. The molecule has 28 heavy (non-hydrogen) atoms. The monoisotopic (exact) mass is 392 g/mol. The Balaban J connectivity index is 1.25. The number of likely N-dealkylation sites (tertiary alicyclic amines) is 1. The number of hydrogen-bond donors (Lipinski definition) is 0. The van der Waals surface area contributed by atoms with E-state index in [2.05, 4.69) is 23.6 Å². The maximum absolute atomic E-state index is 12.7. The highest BCUT2D eigenvalue weighted by molar-refractivity contribution is 5.79. The molecule has 0 spiro atoms. The number of morpholine rings is 1. The number of hydrogen-bond acceptors (Lipinski definition) is 4. The summed E-state index contributed by atoms with van der Waals surface area (Å²) in [7, 11) is 0. The van der Waals surface area contributed by atoms with E-state index < -0.39 is 0 Å². The Morgan fingerprint density at radius 1 is 0.964 bits per heavy atom. The van der Waals surface area contributed by atoms with Crippen LogP contribution in [0.15, 0.2) is 0 Å². The molecule has 0 unspecified atom stereocenters. The van der Waals surface area contributed by atoms with Gasteiger partial charge in [0.25, 0.3) is 0 Å². The molecule has 2 heterocycles. The predicted octanol–water partition coefficient (Wildman–Crippen LogP) is 3.60. The van der Waals surface area contributed by atoms with Crippen molar-refractivity contribution in [1.82, 2.24) is 9.80 Å². The van der Waals surface area contributed by atoms with E-state index >= 15 is 0 Å². The molecule has 5 nitrogen and oxygen atoms in total. The van der Waals surface area contributed by atoms with Crippen molar-refractivity contribution >= 4 is 5.91 Å². The molecule has 0 N–H and O–H groups in total. The van der Waals surface area contributed by atoms with Gasteiger partial charge >= 0.3 is 0 Å². The van der Waals surface area contributed by atoms with Gasteiger partial charge in [0.15, 0.2) is 0 Å². The Hall–Kier alpha value is -0.650. The molecule has 2 aliphatic heterocycles. The fraction of sp³-hybridized carbons (Fsp3) is 0.957. The smallest absolute Gasteiger partial charge is 0.249 e. The molecule has 4 fully saturated rings. The van der Waals surface area contributed by atoms with Crippen LogP contribution in [0.2, 0.25) is 0 Å². The number of rotatable bonds is 5. The van der Waals surface area contributed by atoms with Gasteiger partial charge in [-0.05, 0) is 71.1 Å². The summed E-state index contributed by atoms with van der Waals surface area (Å²) in [5, 5.41) is 0. The van der Waals surface area contributed by atoms with Crippen molar-refractivity contribution in [2.24, 2.45) is 5.92 Å². The SMILES string of the molecule is CC(C)OCC1CCC(N2CCC(N3C(=O)CO[C@H]4CCCC[C@@H]43)CC2)CC1. The zero-order valence-electron chi connectivity index (χ0n) is 18.0. The average molecular weight is 393 g/mol. The molecule has 0 aromatic carbocycles. The van der Waals surface area contributed by atoms with Gasteiger partial charge < -0.3 is 19.3 Å². The first-order valence-electron chi connectivity index (χ1n) is 11.9. The van der Waals surface area contributed by atoms with Gasteiger partial charge in [0.05, 0.1) is 18.2 Å². The van der Waals surface area contributed by atoms with E-state index in [9.17, 15) is 4.79 Å². The van der Waals surface area contributed by atoms with Gasteiger partial charge in [0, 0.05) is 31.8 Å². The minimum absolute atomic E-state index is 0.243. The van der Waals surface area contributed by atoms with E-state index in [-0.39, 0.29) is 5.91 Å². The topological polar surface area (TPSA) is 42.0 Å². The van der Waals surface area contributed by atoms with Crippen molar-refractivity contribution < 1.29 is 14.3 Å². The molecule has 1 amide bonds. The quantitative estimate of drug-likeness (QED) is 0.717. The third-order valence-electron chi connectivity index (χ3n) is 7.62. The number of nitrogens with zero attached hydrogens (tertiary/aromatic N) is 2. The summed E-state index contributed by atoms with van der Waals surface area (Å²) in [6.07, 6.45) is 13.0. The fourth-order valence-corrected chi connectivity index (χ4v) is 6.04. The summed E-state index contributed by atoms with van der Waals surface area (Å²) in [5.74, 6) is 0.998. The number of carbonyl (C=O) groups is 1. The maximum Gasteiger partial charge on any atom is 0.249 e. The first-order chi connectivity index (χ1) is 13.6. The van der Waals surface area contributed by atoms with Crippen LogP contribution in [-0.4, -0.2) is 72.3 Å². The van der Waals surface area contributed by atoms with Gasteiger partial charge in [-0.25, -0.2) is 0 Å². The van der Waals surface area contributed by atoms with Gasteiger partial charge in [-0.1, -0.05) is 12.8 Å². The van der Waals surface area contributed by atoms with Crippen LogP contribution >= 0.6 is 0 Å². The summed E-state index contributed by atoms with van der Waals surface area (Å²) in [4.78, 5) is 17.6. The lowest BCUT2D eigenvalue weighted by Gasteiger charge is -2.50. The number of amides is 1. The second kappa shape index (κ2) is 9.44. The minimum atomic E-state index is 0.243. The van der Waals surface area contributed by atoms with Crippen molar-refractivity contribution in [2.75, 3.05) is 26.3 Å². The average Bonchev–Trinajstić information content (AvgIpc) is 2.73. The summed E-state index contributed by atoms with van der Waals surface area (Å²) in [6.45, 7) is 7.82. The van der Waals surface area contributed by atoms with E-state index in [0.717, 1.165) is 57.3 Å². The van der Waals surface area contributed by atoms with Gasteiger partial charge in [-0.15, -0.1) is 0 Å². The molecule has 4 aliphatic rings. The summed E-state index contributed by atoms with van der Waals surface area (Å²) in [6, 6.07) is 1.54. The molecule has 0 bridgehead atoms. The van der Waals surface area contributed by atoms with E-state index in [4.69, 9.17) is 9.47 Å². The van der Waals surface area contributed by atoms with Crippen molar-refractivity contribution in [3.05, 3.63) is 0 Å². The molecule has 4 rings (SSSR count). The number of ether oxygens (including phenoxy) is 2. The van der Waals surface area contributed by atoms with Crippen LogP contribution in [0.4, 0.5) is 0 Å². The molecule has 0 aromatic heterocycles. The molecule has 0 aromatic rings. The van der Waals surface area contributed by atoms with Crippen LogP contribution in [0.25, 0.3) is 0 Å². The number of piperidine rings is 1. The Morgan fingerprint density at radius 2 is 1.68 bits per heavy atom. The van der Waals surface area contributed by atoms with Crippen molar-refractivity contribution in [3.63, 3.8) is 0 Å². The highest BCUT2D eigenvalue weighted by Gasteiger charge is 2.42. The molecular weight excluding hydrogens is 352 g/mol. The number of carbonyl (C=O) groups excluding carboxylic acids is 1. The maximum atomic E-state index is 12.7. The first kappa shape index (κ1) is 20.6. The molecule has 2 atom stereocenters. The van der Waals surface area contributed by atoms with Crippen LogP contribution in [0.5, 0.6) is 0 Å². The Bertz CT molecular complexity index is 510. The lowest BCUT2D eigenvalue weighted by molar-refractivity contribution is -0.167. The Labute approximate surface area is 171 Å². The van der Waals surface area contributed by atoms with Crippen LogP contribution in [0, 0.1) is 5.92 Å². The summed E-state index contributed by atoms with van der Waals surface area (Å²) < 4.78 is 11.7. The highest BCUT2D eigenvalue weighted by atomic mass is 16.5. The van der Waals surface area contributed by atoms with Crippen LogP contribution in [0.3, 0.4) is 0 Å². The van der Waals surface area contributed by atoms with Gasteiger partial charge in [0.2, 0.25) is 5.91 Å². The van der Waals surface area contributed by atoms with E-state index in [0.29, 0.717) is 30.9 Å². The van der Waals surface area contributed by atoms with Crippen molar-refractivity contribution in [1.29, 1.82) is 0 Å². The second-order valence-corrected chi connectivity index (χ2v) is 9.83. The molecule has 2 saturated carbocycles. The molecule has 160 valence electrons. The van der Waals surface area contributed by atoms with Gasteiger partial charge in [-0.3, -0.25) is 4.79 Å². The Morgan fingerprint density at radius 3 is 2.39 bits per heavy atom. The normalized spacial score (nSPS) is 36.0. The van der Waals surface area contributed by atoms with Crippen molar-refractivity contribution in [3.8, 4) is 0 Å². The second-order valence-electron chi connectivity index (χ2n) is 9.83. The largest absolute Gasteiger partial charge is 0.379 e. The van der Waals surface area contributed by atoms with Crippen molar-refractivity contribution in [2.45, 2.75) is 108 Å². The zero-order valence-corrected chi connectivity index (χ0v) is 18.0. The van der Waals surface area contributed by atoms with E-state index in [1.54, 1.807) is 0 Å². The van der Waals surface area contributed by atoms with Crippen LogP contribution in [0.1, 0.15) is 78.1 Å². The summed E-state index contributed by atoms with van der Waals surface area (Å²) in [5.41, 5.74) is 0. The van der Waals surface area contributed by atoms with Gasteiger partial charge in [0.1, 0.15) is 6.61 Å². The molecule has 2 aliphatic carbocycles. The van der Waals surface area contributed by atoms with Crippen LogP contribution < -0.4 is 0 Å². The van der Waals surface area contributed by atoms with E-state index in [1.807, 2.05) is 0 Å². The third kappa shape index (κ3) is 4.73. The lowest BCUT2D eigenvalue weighted by Crippen LogP contribution is -2.61. The van der Waals surface area contributed by atoms with Gasteiger partial charge in [-0.2, -0.15) is 0 Å². The van der Waals surface area contributed by atoms with E-state index in [1.165, 1.54) is 38.5 Å².